The third kappa shape index (κ3) is 1.15. The van der Waals surface area contributed by atoms with E-state index in [4.69, 9.17) is 4.98 Å². The number of nitrogens with zero attached hydrogens (tertiary/aromatic N) is 2. The molecule has 0 bridgehead atoms. The first-order valence-corrected chi connectivity index (χ1v) is 5.78. The molecule has 2 aliphatic rings. The highest BCUT2D eigenvalue weighted by molar-refractivity contribution is 5.81. The quantitative estimate of drug-likeness (QED) is 0.711. The lowest BCUT2D eigenvalue weighted by molar-refractivity contribution is 0.605. The largest absolute Gasteiger partial charge is 0.377 e. The van der Waals surface area contributed by atoms with Crippen molar-refractivity contribution in [3.63, 3.8) is 0 Å². The Hall–Kier alpha value is -2.23. The average Bonchev–Trinajstić information content (AvgIpc) is 2.78. The van der Waals surface area contributed by atoms with E-state index in [9.17, 15) is 0 Å². The first-order valence-electron chi connectivity index (χ1n) is 5.78. The van der Waals surface area contributed by atoms with Crippen LogP contribution in [-0.2, 0) is 6.67 Å². The zero-order valence-corrected chi connectivity index (χ0v) is 9.27. The fraction of sp³-hybridized carbons (Fsp3) is 0.154. The van der Waals surface area contributed by atoms with Gasteiger partial charge in [0.2, 0.25) is 0 Å². The summed E-state index contributed by atoms with van der Waals surface area (Å²) < 4.78 is 2.21. The van der Waals surface area contributed by atoms with Gasteiger partial charge in [-0.15, -0.1) is 0 Å². The lowest BCUT2D eigenvalue weighted by Gasteiger charge is -2.25. The number of para-hydroxylation sites is 2. The molecule has 4 nitrogen and oxygen atoms in total. The van der Waals surface area contributed by atoms with Crippen molar-refractivity contribution >= 4 is 16.7 Å². The van der Waals surface area contributed by atoms with Gasteiger partial charge in [0.15, 0.2) is 5.82 Å². The van der Waals surface area contributed by atoms with E-state index >= 15 is 0 Å². The van der Waals surface area contributed by atoms with Gasteiger partial charge in [-0.1, -0.05) is 18.2 Å². The van der Waals surface area contributed by atoms with E-state index < -0.39 is 0 Å². The van der Waals surface area contributed by atoms with Crippen LogP contribution in [0.25, 0.3) is 16.7 Å². The number of aromatic nitrogens is 2. The first kappa shape index (κ1) is 8.87. The van der Waals surface area contributed by atoms with Gasteiger partial charge in [-0.2, -0.15) is 0 Å². The van der Waals surface area contributed by atoms with E-state index in [-0.39, 0.29) is 0 Å². The molecule has 2 N–H and O–H groups in total. The van der Waals surface area contributed by atoms with Crippen LogP contribution >= 0.6 is 0 Å². The number of allylic oxidation sites excluding steroid dienone is 1. The highest BCUT2D eigenvalue weighted by Gasteiger charge is 2.22. The van der Waals surface area contributed by atoms with Crippen molar-refractivity contribution in [3.8, 4) is 0 Å². The number of imidazole rings is 1. The zero-order chi connectivity index (χ0) is 11.2. The minimum absolute atomic E-state index is 0.778. The Morgan fingerprint density at radius 2 is 2.12 bits per heavy atom. The second kappa shape index (κ2) is 3.13. The van der Waals surface area contributed by atoms with Crippen LogP contribution in [0.1, 0.15) is 5.82 Å². The molecule has 0 saturated carbocycles. The minimum atomic E-state index is 0.778. The molecule has 0 spiro atoms. The van der Waals surface area contributed by atoms with Gasteiger partial charge < -0.3 is 15.2 Å². The van der Waals surface area contributed by atoms with E-state index in [0.29, 0.717) is 0 Å². The summed E-state index contributed by atoms with van der Waals surface area (Å²) in [4.78, 5) is 4.71. The molecule has 0 aliphatic carbocycles. The molecule has 84 valence electrons. The number of hydrogen-bond donors (Lipinski definition) is 2. The van der Waals surface area contributed by atoms with Gasteiger partial charge in [-0.05, 0) is 18.2 Å². The Morgan fingerprint density at radius 1 is 1.18 bits per heavy atom. The second-order valence-corrected chi connectivity index (χ2v) is 4.26. The molecule has 0 amide bonds. The smallest absolute Gasteiger partial charge is 0.160 e. The normalized spacial score (nSPS) is 17.4. The fourth-order valence-electron chi connectivity index (χ4n) is 2.45. The summed E-state index contributed by atoms with van der Waals surface area (Å²) in [6, 6.07) is 8.24. The Balaban J connectivity index is 2.03. The predicted molar refractivity (Wildman–Crippen MR) is 66.9 cm³/mol. The van der Waals surface area contributed by atoms with E-state index in [0.717, 1.165) is 35.9 Å². The van der Waals surface area contributed by atoms with Crippen molar-refractivity contribution in [2.45, 2.75) is 6.67 Å². The number of dihydropyridines is 1. The number of hydrogen-bond acceptors (Lipinski definition) is 3. The summed E-state index contributed by atoms with van der Waals surface area (Å²) in [5, 5.41) is 6.79. The Morgan fingerprint density at radius 3 is 3.12 bits per heavy atom. The molecule has 0 radical (unpaired) electrons. The third-order valence-electron chi connectivity index (χ3n) is 3.26. The molecule has 4 heteroatoms. The summed E-state index contributed by atoms with van der Waals surface area (Å²) in [5.41, 5.74) is 4.47. The number of fused-ring (bicyclic) bond motifs is 4. The van der Waals surface area contributed by atoms with Crippen LogP contribution in [0.5, 0.6) is 0 Å². The van der Waals surface area contributed by atoms with E-state index in [2.05, 4.69) is 45.6 Å². The van der Waals surface area contributed by atoms with Crippen LogP contribution < -0.4 is 10.6 Å². The van der Waals surface area contributed by atoms with Crippen LogP contribution in [0.2, 0.25) is 0 Å². The summed E-state index contributed by atoms with van der Waals surface area (Å²) in [6.07, 6.45) is 4.23. The summed E-state index contributed by atoms with van der Waals surface area (Å²) in [5.74, 6) is 1.03. The zero-order valence-electron chi connectivity index (χ0n) is 9.27. The molecule has 0 atom stereocenters. The molecule has 3 heterocycles. The van der Waals surface area contributed by atoms with Crippen molar-refractivity contribution in [1.29, 1.82) is 0 Å². The molecule has 0 unspecified atom stereocenters. The average molecular weight is 224 g/mol. The molecular weight excluding hydrogens is 212 g/mol. The van der Waals surface area contributed by atoms with Crippen LogP contribution in [0.15, 0.2) is 42.1 Å². The number of rotatable bonds is 0. The van der Waals surface area contributed by atoms with Crippen molar-refractivity contribution in [2.75, 3.05) is 6.54 Å². The van der Waals surface area contributed by atoms with Crippen molar-refractivity contribution < 1.29 is 0 Å². The molecule has 1 aromatic carbocycles. The maximum absolute atomic E-state index is 4.71. The van der Waals surface area contributed by atoms with E-state index in [1.54, 1.807) is 0 Å². The molecule has 0 fully saturated rings. The van der Waals surface area contributed by atoms with Gasteiger partial charge in [-0.3, -0.25) is 0 Å². The van der Waals surface area contributed by atoms with Gasteiger partial charge in [0, 0.05) is 6.54 Å². The van der Waals surface area contributed by atoms with Crippen molar-refractivity contribution in [2.24, 2.45) is 0 Å². The van der Waals surface area contributed by atoms with E-state index in [1.807, 2.05) is 6.07 Å². The second-order valence-electron chi connectivity index (χ2n) is 4.26. The molecule has 1 aromatic heterocycles. The van der Waals surface area contributed by atoms with Crippen LogP contribution in [-0.4, -0.2) is 16.1 Å². The molecule has 0 saturated heterocycles. The Kier molecular flexibility index (Phi) is 1.63. The van der Waals surface area contributed by atoms with Crippen LogP contribution in [0, 0.1) is 0 Å². The maximum atomic E-state index is 4.71. The fourth-order valence-corrected chi connectivity index (χ4v) is 2.45. The lowest BCUT2D eigenvalue weighted by Crippen LogP contribution is -2.32. The Labute approximate surface area is 98.7 Å². The van der Waals surface area contributed by atoms with Gasteiger partial charge >= 0.3 is 0 Å². The molecule has 17 heavy (non-hydrogen) atoms. The highest BCUT2D eigenvalue weighted by atomic mass is 15.2. The van der Waals surface area contributed by atoms with Gasteiger partial charge in [0.25, 0.3) is 0 Å². The predicted octanol–water partition coefficient (Wildman–Crippen LogP) is 1.42. The first-order chi connectivity index (χ1) is 8.43. The van der Waals surface area contributed by atoms with Crippen molar-refractivity contribution in [3.05, 3.63) is 47.9 Å². The van der Waals surface area contributed by atoms with Gasteiger partial charge in [-0.25, -0.2) is 4.98 Å². The lowest BCUT2D eigenvalue weighted by atomic mass is 10.2. The monoisotopic (exact) mass is 224 g/mol. The highest BCUT2D eigenvalue weighted by Crippen LogP contribution is 2.25. The van der Waals surface area contributed by atoms with Gasteiger partial charge in [0.1, 0.15) is 5.70 Å². The summed E-state index contributed by atoms with van der Waals surface area (Å²) in [6.45, 7) is 1.64. The Bertz CT molecular complexity index is 663. The van der Waals surface area contributed by atoms with Crippen molar-refractivity contribution in [1.82, 2.24) is 20.2 Å². The van der Waals surface area contributed by atoms with E-state index in [1.165, 1.54) is 5.52 Å². The van der Waals surface area contributed by atoms with Crippen LogP contribution in [0.4, 0.5) is 0 Å². The maximum Gasteiger partial charge on any atom is 0.160 e. The topological polar surface area (TPSA) is 41.9 Å². The standard InChI is InChI=1S/C13H12N4/c1-2-6-11-9(4-1)16-13-12-10(5-3-7-14-12)15-8-17(11)13/h1-6,14-15H,7-8H2. The minimum Gasteiger partial charge on any atom is -0.377 e. The number of nitrogens with one attached hydrogen (secondary N) is 2. The molecule has 2 aliphatic heterocycles. The molecule has 4 rings (SSSR count). The summed E-state index contributed by atoms with van der Waals surface area (Å²) in [7, 11) is 0. The third-order valence-corrected chi connectivity index (χ3v) is 3.26. The van der Waals surface area contributed by atoms with Crippen LogP contribution in [0.3, 0.4) is 0 Å². The number of benzene rings is 1. The van der Waals surface area contributed by atoms with Gasteiger partial charge in [0.05, 0.1) is 23.4 Å². The molecule has 2 aromatic rings. The molecular formula is C13H12N4. The SMILES string of the molecule is C1=CC2=C(NC1)c1nc3ccccc3n1CN2. The summed E-state index contributed by atoms with van der Waals surface area (Å²) >= 11 is 0.